The van der Waals surface area contributed by atoms with Gasteiger partial charge in [-0.15, -0.1) is 0 Å². The summed E-state index contributed by atoms with van der Waals surface area (Å²) in [5.41, 5.74) is 1.42. The van der Waals surface area contributed by atoms with E-state index in [4.69, 9.17) is 9.47 Å². The number of amides is 5. The number of carbonyl (C=O) groups excluding carboxylic acids is 3. The molecule has 0 radical (unpaired) electrons. The number of fused-ring (bicyclic) bond motifs is 1. The molecule has 3 atom stereocenters. The molecule has 11 nitrogen and oxygen atoms in total. The standard InChI is InChI=1S/C31H36FN5O6/c1-19-16-37(20(2)18-38)29(39)25-6-5-7-26(35-30(40)33-22-12-14-24(42-4)15-13-22)28(25)43-27(19)17-36(3)31(41)34-23-10-8-21(32)9-11-23/h5-15,19-20,27,38H,16-18H2,1-4H3,(H,34,41)(H2,33,35,40)/t19-,20+,27+/m1/s1. The van der Waals surface area contributed by atoms with E-state index in [1.165, 1.54) is 29.2 Å². The van der Waals surface area contributed by atoms with Crippen molar-refractivity contribution in [2.45, 2.75) is 26.0 Å². The van der Waals surface area contributed by atoms with Gasteiger partial charge < -0.3 is 40.3 Å². The van der Waals surface area contributed by atoms with Gasteiger partial charge in [0.25, 0.3) is 5.91 Å². The van der Waals surface area contributed by atoms with Gasteiger partial charge in [-0.1, -0.05) is 13.0 Å². The number of benzene rings is 3. The number of nitrogens with one attached hydrogen (secondary N) is 3. The number of nitrogens with zero attached hydrogens (tertiary/aromatic N) is 2. The average Bonchev–Trinajstić information content (AvgIpc) is 3.00. The Labute approximate surface area is 249 Å². The van der Waals surface area contributed by atoms with Gasteiger partial charge in [0, 0.05) is 30.9 Å². The smallest absolute Gasteiger partial charge is 0.323 e. The maximum Gasteiger partial charge on any atom is 0.323 e. The molecule has 3 aromatic carbocycles. The molecule has 1 heterocycles. The molecular weight excluding hydrogens is 557 g/mol. The number of halogens is 1. The van der Waals surface area contributed by atoms with Gasteiger partial charge in [0.2, 0.25) is 0 Å². The van der Waals surface area contributed by atoms with Crippen LogP contribution in [-0.2, 0) is 0 Å². The molecule has 3 aromatic rings. The van der Waals surface area contributed by atoms with E-state index in [2.05, 4.69) is 16.0 Å². The molecule has 12 heteroatoms. The largest absolute Gasteiger partial charge is 0.497 e. The van der Waals surface area contributed by atoms with Gasteiger partial charge in [0.05, 0.1) is 37.6 Å². The fourth-order valence-corrected chi connectivity index (χ4v) is 4.62. The molecule has 228 valence electrons. The first-order valence-electron chi connectivity index (χ1n) is 13.8. The zero-order valence-electron chi connectivity index (χ0n) is 24.5. The van der Waals surface area contributed by atoms with E-state index in [1.807, 2.05) is 6.92 Å². The van der Waals surface area contributed by atoms with Crippen molar-refractivity contribution in [1.29, 1.82) is 0 Å². The Kier molecular flexibility index (Phi) is 10.0. The van der Waals surface area contributed by atoms with Crippen LogP contribution in [0.15, 0.2) is 66.7 Å². The van der Waals surface area contributed by atoms with Crippen LogP contribution in [0.25, 0.3) is 0 Å². The van der Waals surface area contributed by atoms with Crippen molar-refractivity contribution in [2.24, 2.45) is 5.92 Å². The summed E-state index contributed by atoms with van der Waals surface area (Å²) in [6.45, 7) is 3.76. The van der Waals surface area contributed by atoms with Crippen LogP contribution in [0.3, 0.4) is 0 Å². The quantitative estimate of drug-likeness (QED) is 0.295. The lowest BCUT2D eigenvalue weighted by Gasteiger charge is -2.38. The van der Waals surface area contributed by atoms with Crippen molar-refractivity contribution in [3.63, 3.8) is 0 Å². The highest BCUT2D eigenvalue weighted by atomic mass is 19.1. The first kappa shape index (κ1) is 31.1. The Balaban J connectivity index is 1.60. The van der Waals surface area contributed by atoms with Crippen molar-refractivity contribution in [3.05, 3.63) is 78.1 Å². The van der Waals surface area contributed by atoms with Crippen LogP contribution in [0.2, 0.25) is 0 Å². The highest BCUT2D eigenvalue weighted by Crippen LogP contribution is 2.35. The number of methoxy groups -OCH3 is 1. The van der Waals surface area contributed by atoms with E-state index >= 15 is 0 Å². The van der Waals surface area contributed by atoms with Crippen LogP contribution in [0.1, 0.15) is 24.2 Å². The van der Waals surface area contributed by atoms with Crippen molar-refractivity contribution in [1.82, 2.24) is 9.80 Å². The highest BCUT2D eigenvalue weighted by Gasteiger charge is 2.35. The van der Waals surface area contributed by atoms with E-state index in [9.17, 15) is 23.9 Å². The second kappa shape index (κ2) is 13.9. The van der Waals surface area contributed by atoms with Crippen molar-refractivity contribution >= 4 is 35.0 Å². The second-order valence-electron chi connectivity index (χ2n) is 10.4. The van der Waals surface area contributed by atoms with E-state index in [0.717, 1.165) is 0 Å². The van der Waals surface area contributed by atoms with Crippen molar-refractivity contribution in [2.75, 3.05) is 49.8 Å². The molecule has 0 saturated carbocycles. The molecule has 43 heavy (non-hydrogen) atoms. The van der Waals surface area contributed by atoms with Crippen molar-refractivity contribution < 1.29 is 33.4 Å². The molecule has 1 aliphatic rings. The lowest BCUT2D eigenvalue weighted by Crippen LogP contribution is -2.50. The van der Waals surface area contributed by atoms with Crippen LogP contribution in [-0.4, -0.2) is 78.9 Å². The lowest BCUT2D eigenvalue weighted by atomic mass is 9.99. The van der Waals surface area contributed by atoms with Gasteiger partial charge in [0.1, 0.15) is 17.7 Å². The highest BCUT2D eigenvalue weighted by molar-refractivity contribution is 6.04. The van der Waals surface area contributed by atoms with Gasteiger partial charge in [0.15, 0.2) is 5.75 Å². The number of anilines is 3. The third-order valence-electron chi connectivity index (χ3n) is 7.18. The lowest BCUT2D eigenvalue weighted by molar-refractivity contribution is 0.0373. The SMILES string of the molecule is COc1ccc(NC(=O)Nc2cccc3c2O[C@@H](CN(C)C(=O)Nc2ccc(F)cc2)[C@H](C)CN([C@@H](C)CO)C3=O)cc1. The Morgan fingerprint density at radius 3 is 2.37 bits per heavy atom. The van der Waals surface area contributed by atoms with Crippen molar-refractivity contribution in [3.8, 4) is 11.5 Å². The first-order valence-corrected chi connectivity index (χ1v) is 13.8. The van der Waals surface area contributed by atoms with Gasteiger partial charge in [-0.3, -0.25) is 4.79 Å². The minimum absolute atomic E-state index is 0.121. The molecule has 0 unspecified atom stereocenters. The Bertz CT molecular complexity index is 1440. The number of likely N-dealkylation sites (N-methyl/N-ethyl adjacent to an activating group) is 1. The van der Waals surface area contributed by atoms with Crippen LogP contribution in [0.5, 0.6) is 11.5 Å². The predicted molar refractivity (Wildman–Crippen MR) is 161 cm³/mol. The Hall–Kier alpha value is -4.84. The molecule has 4 N–H and O–H groups in total. The number of urea groups is 2. The van der Waals surface area contributed by atoms with Crippen LogP contribution >= 0.6 is 0 Å². The summed E-state index contributed by atoms with van der Waals surface area (Å²) in [7, 11) is 3.15. The fraction of sp³-hybridized carbons (Fsp3) is 0.323. The van der Waals surface area contributed by atoms with Crippen LogP contribution in [0, 0.1) is 11.7 Å². The molecule has 0 fully saturated rings. The number of carbonyl (C=O) groups is 3. The summed E-state index contributed by atoms with van der Waals surface area (Å²) in [6, 6.07) is 15.6. The molecule has 0 saturated heterocycles. The average molecular weight is 594 g/mol. The molecule has 0 aromatic heterocycles. The number of hydrogen-bond donors (Lipinski definition) is 4. The monoisotopic (exact) mass is 593 g/mol. The number of aliphatic hydroxyl groups is 1. The first-order chi connectivity index (χ1) is 20.6. The second-order valence-corrected chi connectivity index (χ2v) is 10.4. The molecule has 5 amide bonds. The van der Waals surface area contributed by atoms with Gasteiger partial charge in [-0.25, -0.2) is 14.0 Å². The van der Waals surface area contributed by atoms with Gasteiger partial charge in [-0.2, -0.15) is 0 Å². The molecule has 0 spiro atoms. The third kappa shape index (κ3) is 7.72. The summed E-state index contributed by atoms with van der Waals surface area (Å²) in [5.74, 6) is -0.270. The zero-order valence-corrected chi connectivity index (χ0v) is 24.5. The molecule has 0 bridgehead atoms. The Morgan fingerprint density at radius 2 is 1.72 bits per heavy atom. The number of ether oxygens (including phenoxy) is 2. The summed E-state index contributed by atoms with van der Waals surface area (Å²) < 4.78 is 24.9. The normalized spacial score (nSPS) is 17.0. The van der Waals surface area contributed by atoms with Gasteiger partial charge in [-0.05, 0) is 67.6 Å². The van der Waals surface area contributed by atoms with E-state index in [-0.39, 0.29) is 48.5 Å². The fourth-order valence-electron chi connectivity index (χ4n) is 4.62. The maximum absolute atomic E-state index is 13.7. The molecule has 4 rings (SSSR count). The summed E-state index contributed by atoms with van der Waals surface area (Å²) in [5, 5.41) is 18.1. The van der Waals surface area contributed by atoms with Crippen LogP contribution in [0.4, 0.5) is 31.0 Å². The molecule has 0 aliphatic carbocycles. The number of rotatable bonds is 8. The Morgan fingerprint density at radius 1 is 1.07 bits per heavy atom. The van der Waals surface area contributed by atoms with Crippen LogP contribution < -0.4 is 25.4 Å². The van der Waals surface area contributed by atoms with E-state index in [0.29, 0.717) is 17.1 Å². The number of para-hydroxylation sites is 1. The summed E-state index contributed by atoms with van der Waals surface area (Å²) in [6.07, 6.45) is -0.614. The topological polar surface area (TPSA) is 132 Å². The molecule has 1 aliphatic heterocycles. The maximum atomic E-state index is 13.7. The number of hydrogen-bond acceptors (Lipinski definition) is 6. The molecular formula is C31H36FN5O6. The summed E-state index contributed by atoms with van der Waals surface area (Å²) in [4.78, 5) is 42.6. The minimum Gasteiger partial charge on any atom is -0.497 e. The minimum atomic E-state index is -0.614. The summed E-state index contributed by atoms with van der Waals surface area (Å²) >= 11 is 0. The number of aliphatic hydroxyl groups excluding tert-OH is 1. The van der Waals surface area contributed by atoms with E-state index in [1.54, 1.807) is 68.4 Å². The zero-order chi connectivity index (χ0) is 31.1. The van der Waals surface area contributed by atoms with Gasteiger partial charge >= 0.3 is 12.1 Å². The van der Waals surface area contributed by atoms with E-state index < -0.39 is 30.0 Å². The third-order valence-corrected chi connectivity index (χ3v) is 7.18. The predicted octanol–water partition coefficient (Wildman–Crippen LogP) is 4.86.